The van der Waals surface area contributed by atoms with Crippen molar-refractivity contribution in [1.29, 1.82) is 0 Å². The summed E-state index contributed by atoms with van der Waals surface area (Å²) in [5.74, 6) is 0. The average Bonchev–Trinajstić information content (AvgIpc) is 2.96. The Morgan fingerprint density at radius 1 is 0.805 bits per heavy atom. The highest BCUT2D eigenvalue weighted by atomic mass is 14.3. The van der Waals surface area contributed by atoms with Gasteiger partial charge >= 0.3 is 0 Å². The fraction of sp³-hybridized carbons (Fsp3) is 0.415. The van der Waals surface area contributed by atoms with Crippen LogP contribution in [0.25, 0.3) is 0 Å². The van der Waals surface area contributed by atoms with E-state index in [0.717, 1.165) is 23.1 Å². The van der Waals surface area contributed by atoms with E-state index in [2.05, 4.69) is 124 Å². The second kappa shape index (κ2) is 24.7. The zero-order valence-electron chi connectivity index (χ0n) is 29.0. The van der Waals surface area contributed by atoms with Crippen molar-refractivity contribution in [2.24, 2.45) is 0 Å². The van der Waals surface area contributed by atoms with E-state index in [9.17, 15) is 0 Å². The number of hydrogen-bond donors (Lipinski definition) is 0. The summed E-state index contributed by atoms with van der Waals surface area (Å²) in [5.41, 5.74) is 11.6. The van der Waals surface area contributed by atoms with E-state index >= 15 is 0 Å². The number of hydrogen-bond acceptors (Lipinski definition) is 0. The topological polar surface area (TPSA) is 0 Å². The number of unbranched alkanes of at least 4 members (excludes halogenated alkanes) is 1. The van der Waals surface area contributed by atoms with Gasteiger partial charge in [0.15, 0.2) is 0 Å². The molecule has 1 aromatic rings. The molecular formula is C41H64. The van der Waals surface area contributed by atoms with Gasteiger partial charge in [-0.3, -0.25) is 0 Å². The van der Waals surface area contributed by atoms with Gasteiger partial charge in [0.2, 0.25) is 0 Å². The molecule has 0 saturated heterocycles. The van der Waals surface area contributed by atoms with E-state index in [1.807, 2.05) is 39.8 Å². The van der Waals surface area contributed by atoms with E-state index in [0.29, 0.717) is 5.41 Å². The molecule has 1 aromatic carbocycles. The maximum absolute atomic E-state index is 3.90. The zero-order valence-corrected chi connectivity index (χ0v) is 29.0. The summed E-state index contributed by atoms with van der Waals surface area (Å²) >= 11 is 0. The molecule has 0 aliphatic rings. The third-order valence-electron chi connectivity index (χ3n) is 7.34. The molecule has 0 spiro atoms. The Morgan fingerprint density at radius 2 is 1.32 bits per heavy atom. The van der Waals surface area contributed by atoms with Crippen LogP contribution in [0.1, 0.15) is 113 Å². The molecule has 1 unspecified atom stereocenters. The van der Waals surface area contributed by atoms with E-state index in [1.54, 1.807) is 6.08 Å². The molecule has 0 aromatic heterocycles. The predicted molar refractivity (Wildman–Crippen MR) is 194 cm³/mol. The van der Waals surface area contributed by atoms with Crippen molar-refractivity contribution in [2.45, 2.75) is 114 Å². The summed E-state index contributed by atoms with van der Waals surface area (Å²) in [6.07, 6.45) is 16.3. The van der Waals surface area contributed by atoms with Gasteiger partial charge in [-0.15, -0.1) is 13.2 Å². The fourth-order valence-electron chi connectivity index (χ4n) is 4.00. The van der Waals surface area contributed by atoms with Gasteiger partial charge in [0.25, 0.3) is 0 Å². The zero-order chi connectivity index (χ0) is 32.6. The second-order valence-corrected chi connectivity index (χ2v) is 10.9. The minimum Gasteiger partial charge on any atom is -0.106 e. The van der Waals surface area contributed by atoms with Crippen molar-refractivity contribution < 1.29 is 0 Å². The molecule has 0 aliphatic heterocycles. The van der Waals surface area contributed by atoms with E-state index in [4.69, 9.17) is 0 Å². The highest BCUT2D eigenvalue weighted by Crippen LogP contribution is 2.33. The Balaban J connectivity index is -0.000000531. The van der Waals surface area contributed by atoms with Crippen LogP contribution >= 0.6 is 0 Å². The Hall–Kier alpha value is -3.12. The lowest BCUT2D eigenvalue weighted by Gasteiger charge is -2.29. The second-order valence-electron chi connectivity index (χ2n) is 10.9. The van der Waals surface area contributed by atoms with E-state index < -0.39 is 0 Å². The summed E-state index contributed by atoms with van der Waals surface area (Å²) in [5, 5.41) is 0. The summed E-state index contributed by atoms with van der Waals surface area (Å²) in [6.45, 7) is 44.7. The van der Waals surface area contributed by atoms with Crippen LogP contribution in [0.5, 0.6) is 0 Å². The quantitative estimate of drug-likeness (QED) is 0.177. The maximum atomic E-state index is 3.90. The molecule has 0 amide bonds. The number of allylic oxidation sites excluding steroid dienone is 12. The van der Waals surface area contributed by atoms with Crippen LogP contribution < -0.4 is 0 Å². The molecule has 0 bridgehead atoms. The third kappa shape index (κ3) is 18.8. The summed E-state index contributed by atoms with van der Waals surface area (Å²) in [7, 11) is 0. The van der Waals surface area contributed by atoms with Crippen molar-refractivity contribution in [3.05, 3.63) is 144 Å². The molecule has 1 rings (SSSR count). The van der Waals surface area contributed by atoms with Crippen LogP contribution in [0.4, 0.5) is 0 Å². The lowest BCUT2D eigenvalue weighted by atomic mass is 9.76. The van der Waals surface area contributed by atoms with Gasteiger partial charge in [0.05, 0.1) is 0 Å². The van der Waals surface area contributed by atoms with Gasteiger partial charge in [-0.25, -0.2) is 0 Å². The molecule has 228 valence electrons. The largest absolute Gasteiger partial charge is 0.106 e. The van der Waals surface area contributed by atoms with Crippen LogP contribution in [0, 0.1) is 0 Å². The standard InChI is InChI=1S/C16H26.C14H20.C9H14.C2H4/c1-5-8-13-16(4,7-3)15-11-9-14(6-2)10-12-15;1-7-8-9-12(4)14(6)10-13(5)11(2)3;1-6-9(7(2)3)8(4)5;1-2/h9-12H,5-8,13H2,1-4H3;7-10H,1-2H2,3-6H3;6H,2,4H2,1,3,5H3;1-2H2/b;9-8-,13-10+,14-12+;;. The van der Waals surface area contributed by atoms with Gasteiger partial charge in [0.1, 0.15) is 0 Å². The molecule has 0 heteroatoms. The minimum atomic E-state index is 0.377. The summed E-state index contributed by atoms with van der Waals surface area (Å²) < 4.78 is 0. The normalized spacial score (nSPS) is 12.5. The first-order valence-corrected chi connectivity index (χ1v) is 15.1. The molecule has 0 heterocycles. The molecule has 0 nitrogen and oxygen atoms in total. The van der Waals surface area contributed by atoms with Gasteiger partial charge in [-0.2, -0.15) is 0 Å². The van der Waals surface area contributed by atoms with Gasteiger partial charge in [0, 0.05) is 0 Å². The Morgan fingerprint density at radius 3 is 1.63 bits per heavy atom. The lowest BCUT2D eigenvalue weighted by Crippen LogP contribution is -2.20. The van der Waals surface area contributed by atoms with Crippen molar-refractivity contribution in [3.63, 3.8) is 0 Å². The van der Waals surface area contributed by atoms with Crippen molar-refractivity contribution in [1.82, 2.24) is 0 Å². The van der Waals surface area contributed by atoms with Crippen molar-refractivity contribution in [2.75, 3.05) is 0 Å². The molecule has 1 atom stereocenters. The Kier molecular flexibility index (Phi) is 25.5. The Bertz CT molecular complexity index is 1030. The van der Waals surface area contributed by atoms with Crippen LogP contribution in [0.15, 0.2) is 133 Å². The van der Waals surface area contributed by atoms with E-state index in [-0.39, 0.29) is 0 Å². The van der Waals surface area contributed by atoms with Gasteiger partial charge < -0.3 is 0 Å². The van der Waals surface area contributed by atoms with Gasteiger partial charge in [-0.1, -0.05) is 138 Å². The lowest BCUT2D eigenvalue weighted by molar-refractivity contribution is 0.403. The molecule has 0 radical (unpaired) electrons. The molecule has 41 heavy (non-hydrogen) atoms. The van der Waals surface area contributed by atoms with Crippen LogP contribution in [0.3, 0.4) is 0 Å². The summed E-state index contributed by atoms with van der Waals surface area (Å²) in [6, 6.07) is 9.24. The average molecular weight is 557 g/mol. The van der Waals surface area contributed by atoms with Crippen molar-refractivity contribution in [3.8, 4) is 0 Å². The fourth-order valence-corrected chi connectivity index (χ4v) is 4.00. The number of benzene rings is 1. The van der Waals surface area contributed by atoms with Crippen LogP contribution in [0.2, 0.25) is 0 Å². The predicted octanol–water partition coefficient (Wildman–Crippen LogP) is 13.6. The van der Waals surface area contributed by atoms with Gasteiger partial charge in [-0.05, 0) is 107 Å². The molecule has 0 aliphatic carbocycles. The monoisotopic (exact) mass is 557 g/mol. The van der Waals surface area contributed by atoms with Crippen molar-refractivity contribution >= 4 is 0 Å². The first-order valence-electron chi connectivity index (χ1n) is 15.1. The summed E-state index contributed by atoms with van der Waals surface area (Å²) in [4.78, 5) is 0. The maximum Gasteiger partial charge on any atom is -0.00779 e. The Labute approximate surface area is 257 Å². The van der Waals surface area contributed by atoms with E-state index in [1.165, 1.54) is 59.1 Å². The van der Waals surface area contributed by atoms with Crippen LogP contribution in [-0.2, 0) is 11.8 Å². The molecule has 0 N–H and O–H groups in total. The number of rotatable bonds is 12. The third-order valence-corrected chi connectivity index (χ3v) is 7.34. The first kappa shape index (κ1) is 42.3. The highest BCUT2D eigenvalue weighted by Gasteiger charge is 2.23. The molecular weight excluding hydrogens is 492 g/mol. The minimum absolute atomic E-state index is 0.377. The highest BCUT2D eigenvalue weighted by molar-refractivity contribution is 5.41. The molecule has 0 fully saturated rings. The number of aryl methyl sites for hydroxylation is 1. The molecule has 0 saturated carbocycles. The van der Waals surface area contributed by atoms with Crippen LogP contribution in [-0.4, -0.2) is 0 Å². The first-order chi connectivity index (χ1) is 19.2. The SMILES string of the molecule is C=C.C=C(C)C(=CC)C(=C)C.C=C\C=C/C(C)=C(C)/C=C(\C)C(=C)C.CCCCC(C)(CC)c1ccc(CC)cc1. The smallest absolute Gasteiger partial charge is 0.00779 e.